The van der Waals surface area contributed by atoms with Crippen LogP contribution in [-0.2, 0) is 18.8 Å². The lowest BCUT2D eigenvalue weighted by Crippen LogP contribution is -2.37. The van der Waals surface area contributed by atoms with Crippen LogP contribution in [0.25, 0.3) is 10.9 Å². The molecule has 2 heterocycles. The van der Waals surface area contributed by atoms with E-state index in [0.29, 0.717) is 42.9 Å². The molecule has 0 unspecified atom stereocenters. The number of nitrogens with one attached hydrogen (secondary N) is 1. The van der Waals surface area contributed by atoms with Gasteiger partial charge in [0.25, 0.3) is 5.56 Å². The van der Waals surface area contributed by atoms with Crippen LogP contribution in [-0.4, -0.2) is 46.4 Å². The summed E-state index contributed by atoms with van der Waals surface area (Å²) in [7, 11) is 3.04. The molecule has 0 aliphatic carbocycles. The summed E-state index contributed by atoms with van der Waals surface area (Å²) < 4.78 is 7.80. The quantitative estimate of drug-likeness (QED) is 0.824. The fourth-order valence-corrected chi connectivity index (χ4v) is 2.82. The van der Waals surface area contributed by atoms with Crippen LogP contribution < -0.4 is 16.6 Å². The highest BCUT2D eigenvalue weighted by Gasteiger charge is 2.16. The molecule has 0 spiro atoms. The van der Waals surface area contributed by atoms with Crippen LogP contribution >= 0.6 is 0 Å². The number of hydrogen-bond acceptors (Lipinski definition) is 4. The van der Waals surface area contributed by atoms with Gasteiger partial charge in [-0.05, 0) is 24.6 Å². The normalized spacial score (nSPS) is 15.3. The van der Waals surface area contributed by atoms with Gasteiger partial charge in [0, 0.05) is 39.5 Å². The molecule has 1 saturated heterocycles. The Morgan fingerprint density at radius 2 is 1.92 bits per heavy atom. The maximum absolute atomic E-state index is 12.4. The number of aryl methyl sites for hydroxylation is 1. The first-order valence-electron chi connectivity index (χ1n) is 7.82. The van der Waals surface area contributed by atoms with Crippen LogP contribution in [0.2, 0.25) is 0 Å². The van der Waals surface area contributed by atoms with Gasteiger partial charge in [-0.1, -0.05) is 0 Å². The number of rotatable bonds is 1. The molecular formula is C16H20N4O4. The Morgan fingerprint density at radius 3 is 2.71 bits per heavy atom. The molecular weight excluding hydrogens is 312 g/mol. The van der Waals surface area contributed by atoms with Gasteiger partial charge in [-0.3, -0.25) is 13.9 Å². The molecule has 1 aromatic heterocycles. The minimum absolute atomic E-state index is 0.214. The Kier molecular flexibility index (Phi) is 4.39. The minimum atomic E-state index is -0.402. The molecule has 128 valence electrons. The summed E-state index contributed by atoms with van der Waals surface area (Å²) in [4.78, 5) is 38.2. The van der Waals surface area contributed by atoms with Crippen LogP contribution in [0.3, 0.4) is 0 Å². The van der Waals surface area contributed by atoms with E-state index >= 15 is 0 Å². The SMILES string of the molecule is Cn1c(=O)c2ccc(NC(=O)N3CCCOCC3)cc2n(C)c1=O. The Labute approximate surface area is 138 Å². The molecule has 1 aliphatic rings. The van der Waals surface area contributed by atoms with Crippen molar-refractivity contribution < 1.29 is 9.53 Å². The third-order valence-electron chi connectivity index (χ3n) is 4.23. The maximum Gasteiger partial charge on any atom is 0.330 e. The van der Waals surface area contributed by atoms with E-state index < -0.39 is 5.69 Å². The lowest BCUT2D eigenvalue weighted by atomic mass is 10.2. The van der Waals surface area contributed by atoms with Crippen molar-refractivity contribution in [3.8, 4) is 0 Å². The number of hydrogen-bond donors (Lipinski definition) is 1. The summed E-state index contributed by atoms with van der Waals surface area (Å²) in [6.07, 6.45) is 0.801. The molecule has 3 rings (SSSR count). The molecule has 1 aliphatic heterocycles. The van der Waals surface area contributed by atoms with E-state index in [1.807, 2.05) is 0 Å². The molecule has 24 heavy (non-hydrogen) atoms. The summed E-state index contributed by atoms with van der Waals surface area (Å²) >= 11 is 0. The first-order valence-corrected chi connectivity index (χ1v) is 7.82. The van der Waals surface area contributed by atoms with Gasteiger partial charge in [-0.25, -0.2) is 9.59 Å². The Morgan fingerprint density at radius 1 is 1.12 bits per heavy atom. The molecule has 2 aromatic rings. The smallest absolute Gasteiger partial charge is 0.330 e. The molecule has 0 radical (unpaired) electrons. The molecule has 1 fully saturated rings. The predicted molar refractivity (Wildman–Crippen MR) is 90.5 cm³/mol. The Hall–Kier alpha value is -2.61. The van der Waals surface area contributed by atoms with E-state index in [4.69, 9.17) is 4.74 Å². The topological polar surface area (TPSA) is 85.6 Å². The average molecular weight is 332 g/mol. The number of benzene rings is 1. The van der Waals surface area contributed by atoms with Gasteiger partial charge in [0.2, 0.25) is 0 Å². The van der Waals surface area contributed by atoms with Gasteiger partial charge < -0.3 is 15.0 Å². The van der Waals surface area contributed by atoms with Crippen molar-refractivity contribution in [1.82, 2.24) is 14.0 Å². The van der Waals surface area contributed by atoms with Crippen LogP contribution in [0.15, 0.2) is 27.8 Å². The number of fused-ring (bicyclic) bond motifs is 1. The van der Waals surface area contributed by atoms with Crippen molar-refractivity contribution in [2.45, 2.75) is 6.42 Å². The zero-order valence-corrected chi connectivity index (χ0v) is 13.7. The number of nitrogens with zero attached hydrogens (tertiary/aromatic N) is 3. The Balaban J connectivity index is 1.92. The van der Waals surface area contributed by atoms with Gasteiger partial charge in [0.05, 0.1) is 17.5 Å². The van der Waals surface area contributed by atoms with Crippen LogP contribution in [0.1, 0.15) is 6.42 Å². The first kappa shape index (κ1) is 16.3. The van der Waals surface area contributed by atoms with Crippen molar-refractivity contribution in [3.05, 3.63) is 39.0 Å². The molecule has 8 nitrogen and oxygen atoms in total. The molecule has 1 N–H and O–H groups in total. The monoisotopic (exact) mass is 332 g/mol. The second-order valence-electron chi connectivity index (χ2n) is 5.82. The maximum atomic E-state index is 12.4. The zero-order chi connectivity index (χ0) is 17.3. The van der Waals surface area contributed by atoms with Crippen LogP contribution in [0, 0.1) is 0 Å². The highest BCUT2D eigenvalue weighted by molar-refractivity contribution is 5.92. The van der Waals surface area contributed by atoms with E-state index in [1.54, 1.807) is 30.1 Å². The minimum Gasteiger partial charge on any atom is -0.380 e. The van der Waals surface area contributed by atoms with Gasteiger partial charge in [0.1, 0.15) is 0 Å². The Bertz CT molecular complexity index is 891. The molecule has 8 heteroatoms. The number of carbonyl (C=O) groups is 1. The fraction of sp³-hybridized carbons (Fsp3) is 0.438. The lowest BCUT2D eigenvalue weighted by Gasteiger charge is -2.20. The summed E-state index contributed by atoms with van der Waals surface area (Å²) in [5, 5.41) is 3.25. The number of aromatic nitrogens is 2. The predicted octanol–water partition coefficient (Wildman–Crippen LogP) is 0.491. The zero-order valence-electron chi connectivity index (χ0n) is 13.7. The third kappa shape index (κ3) is 2.92. The van der Waals surface area contributed by atoms with Gasteiger partial charge in [0.15, 0.2) is 0 Å². The van der Waals surface area contributed by atoms with Gasteiger partial charge in [-0.15, -0.1) is 0 Å². The number of ether oxygens (including phenoxy) is 1. The van der Waals surface area contributed by atoms with E-state index in [0.717, 1.165) is 11.0 Å². The standard InChI is InChI=1S/C16H20N4O4/c1-18-13-10-11(4-5-12(13)14(21)19(2)16(18)23)17-15(22)20-6-3-8-24-9-7-20/h4-5,10H,3,6-9H2,1-2H3,(H,17,22). The highest BCUT2D eigenvalue weighted by Crippen LogP contribution is 2.16. The van der Waals surface area contributed by atoms with Gasteiger partial charge in [-0.2, -0.15) is 0 Å². The molecule has 2 amide bonds. The van der Waals surface area contributed by atoms with Crippen molar-refractivity contribution in [3.63, 3.8) is 0 Å². The van der Waals surface area contributed by atoms with Crippen molar-refractivity contribution >= 4 is 22.6 Å². The van der Waals surface area contributed by atoms with Crippen molar-refractivity contribution in [2.24, 2.45) is 14.1 Å². The fourth-order valence-electron chi connectivity index (χ4n) is 2.82. The van der Waals surface area contributed by atoms with Crippen LogP contribution in [0.4, 0.5) is 10.5 Å². The van der Waals surface area contributed by atoms with E-state index in [9.17, 15) is 14.4 Å². The van der Waals surface area contributed by atoms with E-state index in [2.05, 4.69) is 5.32 Å². The van der Waals surface area contributed by atoms with Crippen molar-refractivity contribution in [2.75, 3.05) is 31.6 Å². The van der Waals surface area contributed by atoms with Crippen LogP contribution in [0.5, 0.6) is 0 Å². The first-order chi connectivity index (χ1) is 11.5. The largest absolute Gasteiger partial charge is 0.380 e. The number of anilines is 1. The molecule has 0 atom stereocenters. The molecule has 0 saturated carbocycles. The summed E-state index contributed by atoms with van der Waals surface area (Å²) in [6.45, 7) is 2.36. The number of urea groups is 1. The third-order valence-corrected chi connectivity index (χ3v) is 4.23. The lowest BCUT2D eigenvalue weighted by molar-refractivity contribution is 0.144. The second-order valence-corrected chi connectivity index (χ2v) is 5.82. The molecule has 1 aromatic carbocycles. The van der Waals surface area contributed by atoms with E-state index in [-0.39, 0.29) is 11.6 Å². The van der Waals surface area contributed by atoms with Crippen molar-refractivity contribution in [1.29, 1.82) is 0 Å². The summed E-state index contributed by atoms with van der Waals surface area (Å²) in [6, 6.07) is 4.72. The molecule has 0 bridgehead atoms. The summed E-state index contributed by atoms with van der Waals surface area (Å²) in [5.74, 6) is 0. The number of amides is 2. The average Bonchev–Trinajstić information content (AvgIpc) is 2.87. The van der Waals surface area contributed by atoms with E-state index in [1.165, 1.54) is 11.6 Å². The van der Waals surface area contributed by atoms with Gasteiger partial charge >= 0.3 is 11.7 Å². The highest BCUT2D eigenvalue weighted by atomic mass is 16.5. The number of carbonyl (C=O) groups excluding carboxylic acids is 1. The second kappa shape index (κ2) is 6.48. The summed E-state index contributed by atoms with van der Waals surface area (Å²) in [5.41, 5.74) is 0.275.